The van der Waals surface area contributed by atoms with Gasteiger partial charge in [-0.15, -0.1) is 21.5 Å². The summed E-state index contributed by atoms with van der Waals surface area (Å²) in [6.07, 6.45) is 0.472. The van der Waals surface area contributed by atoms with Gasteiger partial charge in [0.05, 0.1) is 23.5 Å². The average Bonchev–Trinajstić information content (AvgIpc) is 3.21. The van der Waals surface area contributed by atoms with Crippen LogP contribution in [0.15, 0.2) is 41.6 Å². The van der Waals surface area contributed by atoms with Gasteiger partial charge in [0.15, 0.2) is 11.6 Å². The molecule has 0 N–H and O–H groups in total. The molecule has 1 aromatic carbocycles. The molecule has 0 saturated carbocycles. The number of methoxy groups -OCH3 is 1. The Labute approximate surface area is 183 Å². The zero-order valence-corrected chi connectivity index (χ0v) is 18.8. The minimum absolute atomic E-state index is 0.0256. The molecule has 6 nitrogen and oxygen atoms in total. The number of rotatable bonds is 5. The Morgan fingerprint density at radius 3 is 2.60 bits per heavy atom. The molecule has 0 spiro atoms. The van der Waals surface area contributed by atoms with Crippen LogP contribution in [0, 0.1) is 13.8 Å². The lowest BCUT2D eigenvalue weighted by Gasteiger charge is -2.13. The number of ketones is 1. The van der Waals surface area contributed by atoms with E-state index in [1.54, 1.807) is 14.0 Å². The lowest BCUT2D eigenvalue weighted by Crippen LogP contribution is -2.08. The van der Waals surface area contributed by atoms with E-state index in [0.29, 0.717) is 27.9 Å². The van der Waals surface area contributed by atoms with Gasteiger partial charge < -0.3 is 4.74 Å². The van der Waals surface area contributed by atoms with Gasteiger partial charge in [-0.1, -0.05) is 30.3 Å². The highest BCUT2D eigenvalue weighted by molar-refractivity contribution is 7.17. The predicted octanol–water partition coefficient (Wildman–Crippen LogP) is 5.24. The molecule has 2 aromatic heterocycles. The van der Waals surface area contributed by atoms with Crippen LogP contribution in [0.4, 0.5) is 0 Å². The first-order valence-electron chi connectivity index (χ1n) is 9.44. The normalized spacial score (nSPS) is 15.1. The number of carbonyl (C=O) groups excluding carboxylic acids is 1. The van der Waals surface area contributed by atoms with Gasteiger partial charge in [-0.2, -0.15) is 0 Å². The van der Waals surface area contributed by atoms with Crippen molar-refractivity contribution in [3.63, 3.8) is 0 Å². The first-order chi connectivity index (χ1) is 14.3. The van der Waals surface area contributed by atoms with Crippen molar-refractivity contribution in [1.82, 2.24) is 14.8 Å². The average molecular weight is 441 g/mol. The minimum Gasteiger partial charge on any atom is -0.502 e. The summed E-state index contributed by atoms with van der Waals surface area (Å²) >= 11 is 7.57. The second-order valence-electron chi connectivity index (χ2n) is 7.18. The molecule has 1 unspecified atom stereocenters. The van der Waals surface area contributed by atoms with E-state index in [1.165, 1.54) is 11.3 Å². The van der Waals surface area contributed by atoms with Gasteiger partial charge in [-0.05, 0) is 38.5 Å². The topological polar surface area (TPSA) is 69.4 Å². The number of thiophene rings is 1. The molecule has 0 amide bonds. The quantitative estimate of drug-likeness (QED) is 0.401. The van der Waals surface area contributed by atoms with E-state index in [1.807, 2.05) is 42.7 Å². The summed E-state index contributed by atoms with van der Waals surface area (Å²) in [5.74, 6) is 2.07. The smallest absolute Gasteiger partial charge is 0.170 e. The fourth-order valence-electron chi connectivity index (χ4n) is 3.66. The Hall–Kier alpha value is -2.77. The summed E-state index contributed by atoms with van der Waals surface area (Å²) in [5.41, 5.74) is 3.53. The van der Waals surface area contributed by atoms with E-state index in [2.05, 4.69) is 16.8 Å². The molecule has 1 atom stereocenters. The number of benzene rings is 1. The van der Waals surface area contributed by atoms with Gasteiger partial charge in [0.25, 0.3) is 0 Å². The first kappa shape index (κ1) is 20.5. The number of ether oxygens (including phenoxy) is 1. The zero-order valence-electron chi connectivity index (χ0n) is 17.2. The number of aliphatic imine (C=N–C) groups is 1. The highest BCUT2D eigenvalue weighted by Crippen LogP contribution is 2.40. The zero-order chi connectivity index (χ0) is 21.6. The Morgan fingerprint density at radius 1 is 1.27 bits per heavy atom. The molecule has 0 radical (unpaired) electrons. The van der Waals surface area contributed by atoms with Gasteiger partial charge in [0.2, 0.25) is 0 Å². The van der Waals surface area contributed by atoms with Crippen LogP contribution in [-0.2, 0) is 4.74 Å². The number of hydrogen-bond donors (Lipinski definition) is 0. The van der Waals surface area contributed by atoms with Gasteiger partial charge in [0, 0.05) is 22.6 Å². The van der Waals surface area contributed by atoms with Gasteiger partial charge in [-0.3, -0.25) is 14.4 Å². The predicted molar refractivity (Wildman–Crippen MR) is 119 cm³/mol. The number of aryl methyl sites for hydroxylation is 1. The maximum Gasteiger partial charge on any atom is 0.170 e. The molecule has 4 rings (SSSR count). The second-order valence-corrected chi connectivity index (χ2v) is 8.62. The van der Waals surface area contributed by atoms with E-state index >= 15 is 0 Å². The summed E-state index contributed by atoms with van der Waals surface area (Å²) in [7, 11) is 1.60. The molecule has 0 fully saturated rings. The molecule has 1 aliphatic heterocycles. The first-order valence-corrected chi connectivity index (χ1v) is 10.6. The minimum atomic E-state index is -0.330. The maximum atomic E-state index is 12.3. The number of nitrogens with zero attached hydrogens (tertiary/aromatic N) is 4. The molecular formula is C22H21ClN4O2S. The van der Waals surface area contributed by atoms with Crippen LogP contribution in [-0.4, -0.2) is 33.4 Å². The third-order valence-corrected chi connectivity index (χ3v) is 6.78. The van der Waals surface area contributed by atoms with Crippen molar-refractivity contribution in [1.29, 1.82) is 0 Å². The molecule has 0 saturated heterocycles. The number of carbonyl (C=O) groups is 1. The lowest BCUT2D eigenvalue weighted by molar-refractivity contribution is 0.102. The number of halogens is 1. The standard InChI is InChI=1S/C22H21ClN4O2S/c1-11(29-5)10-17-21-26-25-14(4)27(21)22-18(12(2)20(30-22)13(3)28)19(24-17)15-6-8-16(23)9-7-15/h6-9,17H,1,10H2,2-5H3. The van der Waals surface area contributed by atoms with E-state index in [9.17, 15) is 4.79 Å². The van der Waals surface area contributed by atoms with E-state index < -0.39 is 0 Å². The Morgan fingerprint density at radius 2 is 1.97 bits per heavy atom. The molecule has 30 heavy (non-hydrogen) atoms. The number of aromatic nitrogens is 3. The van der Waals surface area contributed by atoms with Gasteiger partial charge >= 0.3 is 0 Å². The molecule has 8 heteroatoms. The van der Waals surface area contributed by atoms with E-state index in [0.717, 1.165) is 33.2 Å². The third-order valence-electron chi connectivity index (χ3n) is 5.15. The van der Waals surface area contributed by atoms with Crippen LogP contribution < -0.4 is 0 Å². The van der Waals surface area contributed by atoms with Crippen molar-refractivity contribution in [3.05, 3.63) is 74.8 Å². The molecule has 0 bridgehead atoms. The van der Waals surface area contributed by atoms with Gasteiger partial charge in [-0.25, -0.2) is 0 Å². The Bertz CT molecular complexity index is 1190. The van der Waals surface area contributed by atoms with Gasteiger partial charge in [0.1, 0.15) is 16.9 Å². The highest BCUT2D eigenvalue weighted by Gasteiger charge is 2.32. The van der Waals surface area contributed by atoms with E-state index in [-0.39, 0.29) is 11.8 Å². The third kappa shape index (κ3) is 3.38. The van der Waals surface area contributed by atoms with E-state index in [4.69, 9.17) is 21.3 Å². The largest absolute Gasteiger partial charge is 0.502 e. The molecular weight excluding hydrogens is 420 g/mol. The maximum absolute atomic E-state index is 12.3. The molecule has 3 heterocycles. The highest BCUT2D eigenvalue weighted by atomic mass is 35.5. The number of fused-ring (bicyclic) bond motifs is 3. The summed E-state index contributed by atoms with van der Waals surface area (Å²) in [6, 6.07) is 7.23. The van der Waals surface area contributed by atoms with Crippen molar-refractivity contribution in [2.24, 2.45) is 4.99 Å². The van der Waals surface area contributed by atoms with Crippen LogP contribution >= 0.6 is 22.9 Å². The van der Waals surface area contributed by atoms with Crippen LogP contribution in [0.1, 0.15) is 57.4 Å². The summed E-state index contributed by atoms with van der Waals surface area (Å²) in [4.78, 5) is 18.1. The molecule has 1 aliphatic rings. The van der Waals surface area contributed by atoms with Crippen LogP contribution in [0.25, 0.3) is 5.00 Å². The van der Waals surface area contributed by atoms with Crippen molar-refractivity contribution in [2.75, 3.05) is 7.11 Å². The number of Topliss-reactive ketones (excluding diaryl/α,β-unsaturated/α-hetero) is 1. The van der Waals surface area contributed by atoms with Crippen molar-refractivity contribution in [3.8, 4) is 5.00 Å². The summed E-state index contributed by atoms with van der Waals surface area (Å²) in [5, 5.41) is 10.3. The van der Waals surface area contributed by atoms with Crippen LogP contribution in [0.3, 0.4) is 0 Å². The van der Waals surface area contributed by atoms with Crippen molar-refractivity contribution < 1.29 is 9.53 Å². The monoisotopic (exact) mass is 440 g/mol. The molecule has 0 aliphatic carbocycles. The molecule has 3 aromatic rings. The Balaban J connectivity index is 2.04. The van der Waals surface area contributed by atoms with Crippen molar-refractivity contribution >= 4 is 34.4 Å². The lowest BCUT2D eigenvalue weighted by atomic mass is 9.99. The van der Waals surface area contributed by atoms with Crippen molar-refractivity contribution in [2.45, 2.75) is 33.2 Å². The Kier molecular flexibility index (Phi) is 5.34. The summed E-state index contributed by atoms with van der Waals surface area (Å²) in [6.45, 7) is 9.42. The summed E-state index contributed by atoms with van der Waals surface area (Å²) < 4.78 is 7.32. The number of hydrogen-bond acceptors (Lipinski definition) is 6. The fourth-order valence-corrected chi connectivity index (χ4v) is 5.04. The van der Waals surface area contributed by atoms with Crippen LogP contribution in [0.2, 0.25) is 5.02 Å². The van der Waals surface area contributed by atoms with Crippen LogP contribution in [0.5, 0.6) is 0 Å². The second kappa shape index (κ2) is 7.81. The molecule has 154 valence electrons. The fraction of sp³-hybridized carbons (Fsp3) is 0.273. The SMILES string of the molecule is C=C(CC1N=C(c2ccc(Cl)cc2)c2c(sc(C(C)=O)c2C)-n2c(C)nnc21)OC.